The van der Waals surface area contributed by atoms with E-state index >= 15 is 0 Å². The van der Waals surface area contributed by atoms with E-state index in [-0.39, 0.29) is 0 Å². The molecular weight excluding hydrogens is 308 g/mol. The Morgan fingerprint density at radius 2 is 1.87 bits per heavy atom. The Kier molecular flexibility index (Phi) is 6.66. The number of aryl methyl sites for hydroxylation is 1. The molecule has 2 aromatic carbocycles. The van der Waals surface area contributed by atoms with Gasteiger partial charge in [0.2, 0.25) is 0 Å². The van der Waals surface area contributed by atoms with Gasteiger partial charge in [0.1, 0.15) is 5.75 Å². The summed E-state index contributed by atoms with van der Waals surface area (Å²) in [5.74, 6) is 1.23. The number of rotatable bonds is 8. The van der Waals surface area contributed by atoms with Crippen molar-refractivity contribution in [3.63, 3.8) is 0 Å². The molecule has 23 heavy (non-hydrogen) atoms. The molecule has 0 radical (unpaired) electrons. The van der Waals surface area contributed by atoms with Crippen LogP contribution in [0.3, 0.4) is 0 Å². The molecule has 0 aromatic heterocycles. The highest BCUT2D eigenvalue weighted by Gasteiger charge is 2.10. The Balaban J connectivity index is 1.90. The van der Waals surface area contributed by atoms with Crippen LogP contribution in [0.4, 0.5) is 0 Å². The first-order valence-electron chi connectivity index (χ1n) is 8.00. The second-order valence-corrected chi connectivity index (χ2v) is 6.37. The molecule has 0 fully saturated rings. The summed E-state index contributed by atoms with van der Waals surface area (Å²) in [6.45, 7) is 2.24. The van der Waals surface area contributed by atoms with Gasteiger partial charge in [-0.05, 0) is 66.1 Å². The zero-order valence-corrected chi connectivity index (χ0v) is 14.5. The summed E-state index contributed by atoms with van der Waals surface area (Å²) in [5.41, 5.74) is 2.98. The first-order valence-corrected chi connectivity index (χ1v) is 8.38. The van der Waals surface area contributed by atoms with Gasteiger partial charge in [0.25, 0.3) is 5.24 Å². The number of halogens is 1. The molecule has 2 aromatic rings. The molecule has 0 N–H and O–H groups in total. The van der Waals surface area contributed by atoms with Crippen LogP contribution in [0.5, 0.6) is 5.75 Å². The number of benzene rings is 2. The van der Waals surface area contributed by atoms with Crippen LogP contribution >= 0.6 is 11.6 Å². The van der Waals surface area contributed by atoms with Crippen molar-refractivity contribution >= 4 is 16.8 Å². The zero-order chi connectivity index (χ0) is 16.7. The topological polar surface area (TPSA) is 26.3 Å². The van der Waals surface area contributed by atoms with Gasteiger partial charge >= 0.3 is 0 Å². The summed E-state index contributed by atoms with van der Waals surface area (Å²) < 4.78 is 5.26. The van der Waals surface area contributed by atoms with E-state index in [1.165, 1.54) is 5.56 Å². The monoisotopic (exact) mass is 330 g/mol. The van der Waals surface area contributed by atoms with Crippen LogP contribution in [0.2, 0.25) is 0 Å². The maximum atomic E-state index is 11.4. The van der Waals surface area contributed by atoms with Gasteiger partial charge in [0.15, 0.2) is 0 Å². The summed E-state index contributed by atoms with van der Waals surface area (Å²) in [7, 11) is 1.60. The SMILES string of the molecule is COc1cc(CC(C)CCCc2ccccc2)cc(C(=O)Cl)c1. The molecule has 0 aliphatic rings. The zero-order valence-electron chi connectivity index (χ0n) is 13.7. The highest BCUT2D eigenvalue weighted by Crippen LogP contribution is 2.22. The van der Waals surface area contributed by atoms with E-state index in [2.05, 4.69) is 31.2 Å². The number of hydrogen-bond acceptors (Lipinski definition) is 2. The molecule has 0 amide bonds. The lowest BCUT2D eigenvalue weighted by molar-refractivity contribution is 0.108. The fourth-order valence-electron chi connectivity index (χ4n) is 2.81. The van der Waals surface area contributed by atoms with E-state index < -0.39 is 5.24 Å². The van der Waals surface area contributed by atoms with Crippen LogP contribution in [-0.4, -0.2) is 12.4 Å². The number of carbonyl (C=O) groups excluding carboxylic acids is 1. The minimum Gasteiger partial charge on any atom is -0.497 e. The van der Waals surface area contributed by atoms with Crippen LogP contribution in [-0.2, 0) is 12.8 Å². The Morgan fingerprint density at radius 3 is 2.52 bits per heavy atom. The van der Waals surface area contributed by atoms with Gasteiger partial charge in [-0.15, -0.1) is 0 Å². The Morgan fingerprint density at radius 1 is 1.13 bits per heavy atom. The molecule has 0 aliphatic heterocycles. The molecule has 2 rings (SSSR count). The second kappa shape index (κ2) is 8.73. The van der Waals surface area contributed by atoms with E-state index in [0.29, 0.717) is 17.2 Å². The molecule has 0 heterocycles. The number of carbonyl (C=O) groups is 1. The number of ether oxygens (including phenoxy) is 1. The van der Waals surface area contributed by atoms with Crippen molar-refractivity contribution in [3.05, 3.63) is 65.2 Å². The van der Waals surface area contributed by atoms with Crippen molar-refractivity contribution in [2.24, 2.45) is 5.92 Å². The van der Waals surface area contributed by atoms with Crippen LogP contribution in [0.15, 0.2) is 48.5 Å². The van der Waals surface area contributed by atoms with Crippen molar-refractivity contribution in [1.82, 2.24) is 0 Å². The van der Waals surface area contributed by atoms with Crippen molar-refractivity contribution in [3.8, 4) is 5.75 Å². The Bertz CT molecular complexity index is 637. The molecule has 0 spiro atoms. The van der Waals surface area contributed by atoms with Crippen LogP contribution in [0.25, 0.3) is 0 Å². The molecule has 0 aliphatic carbocycles. The molecular formula is C20H23ClO2. The van der Waals surface area contributed by atoms with E-state index in [1.54, 1.807) is 13.2 Å². The van der Waals surface area contributed by atoms with E-state index in [1.807, 2.05) is 18.2 Å². The van der Waals surface area contributed by atoms with Gasteiger partial charge in [-0.3, -0.25) is 4.79 Å². The maximum Gasteiger partial charge on any atom is 0.252 e. The first-order chi connectivity index (χ1) is 11.1. The summed E-state index contributed by atoms with van der Waals surface area (Å²) >= 11 is 5.60. The van der Waals surface area contributed by atoms with Crippen molar-refractivity contribution in [2.75, 3.05) is 7.11 Å². The van der Waals surface area contributed by atoms with Gasteiger partial charge in [-0.1, -0.05) is 43.7 Å². The molecule has 122 valence electrons. The molecule has 1 atom stereocenters. The van der Waals surface area contributed by atoms with Gasteiger partial charge < -0.3 is 4.74 Å². The van der Waals surface area contributed by atoms with Crippen LogP contribution < -0.4 is 4.74 Å². The standard InChI is InChI=1S/C20H23ClO2/c1-15(7-6-10-16-8-4-3-5-9-16)11-17-12-18(20(21)22)14-19(13-17)23-2/h3-5,8-9,12-15H,6-7,10-11H2,1-2H3. The summed E-state index contributed by atoms with van der Waals surface area (Å²) in [6, 6.07) is 16.1. The Hall–Kier alpha value is -1.80. The van der Waals surface area contributed by atoms with Crippen LogP contribution in [0, 0.1) is 5.92 Å². The number of methoxy groups -OCH3 is 1. The molecule has 1 unspecified atom stereocenters. The third-order valence-electron chi connectivity index (χ3n) is 4.02. The van der Waals surface area contributed by atoms with Crippen molar-refractivity contribution in [2.45, 2.75) is 32.6 Å². The lowest BCUT2D eigenvalue weighted by Gasteiger charge is -2.13. The normalized spacial score (nSPS) is 12.0. The van der Waals surface area contributed by atoms with Crippen LogP contribution in [0.1, 0.15) is 41.3 Å². The largest absolute Gasteiger partial charge is 0.497 e. The van der Waals surface area contributed by atoms with Crippen molar-refractivity contribution in [1.29, 1.82) is 0 Å². The lowest BCUT2D eigenvalue weighted by atomic mass is 9.94. The molecule has 0 saturated carbocycles. The average Bonchev–Trinajstić information content (AvgIpc) is 2.55. The average molecular weight is 331 g/mol. The summed E-state index contributed by atoms with van der Waals surface area (Å²) in [4.78, 5) is 11.4. The van der Waals surface area contributed by atoms with E-state index in [0.717, 1.165) is 31.2 Å². The van der Waals surface area contributed by atoms with E-state index in [9.17, 15) is 4.79 Å². The van der Waals surface area contributed by atoms with E-state index in [4.69, 9.17) is 16.3 Å². The lowest BCUT2D eigenvalue weighted by Crippen LogP contribution is -2.03. The molecule has 3 heteroatoms. The molecule has 2 nitrogen and oxygen atoms in total. The quantitative estimate of drug-likeness (QED) is 0.616. The summed E-state index contributed by atoms with van der Waals surface area (Å²) in [5, 5.41) is -0.443. The van der Waals surface area contributed by atoms with Crippen molar-refractivity contribution < 1.29 is 9.53 Å². The third kappa shape index (κ3) is 5.72. The van der Waals surface area contributed by atoms with Gasteiger partial charge in [-0.25, -0.2) is 0 Å². The van der Waals surface area contributed by atoms with Gasteiger partial charge in [0.05, 0.1) is 7.11 Å². The number of hydrogen-bond donors (Lipinski definition) is 0. The maximum absolute atomic E-state index is 11.4. The fourth-order valence-corrected chi connectivity index (χ4v) is 2.92. The van der Waals surface area contributed by atoms with Gasteiger partial charge in [0, 0.05) is 5.56 Å². The third-order valence-corrected chi connectivity index (χ3v) is 4.24. The Labute approximate surface area is 143 Å². The highest BCUT2D eigenvalue weighted by atomic mass is 35.5. The fraction of sp³-hybridized carbons (Fsp3) is 0.350. The minimum absolute atomic E-state index is 0.443. The smallest absolute Gasteiger partial charge is 0.252 e. The first kappa shape index (κ1) is 17.6. The predicted octanol–water partition coefficient (Wildman–Crippen LogP) is 5.28. The minimum atomic E-state index is -0.443. The molecule has 0 saturated heterocycles. The molecule has 0 bridgehead atoms. The highest BCUT2D eigenvalue weighted by molar-refractivity contribution is 6.67. The summed E-state index contributed by atoms with van der Waals surface area (Å²) in [6.07, 6.45) is 4.34. The second-order valence-electron chi connectivity index (χ2n) is 6.03. The predicted molar refractivity (Wildman–Crippen MR) is 95.4 cm³/mol. The van der Waals surface area contributed by atoms with Gasteiger partial charge in [-0.2, -0.15) is 0 Å².